The van der Waals surface area contributed by atoms with E-state index < -0.39 is 29.7 Å². The number of rotatable bonds is 5. The Bertz CT molecular complexity index is 418. The normalized spacial score (nSPS) is 11.3. The summed E-state index contributed by atoms with van der Waals surface area (Å²) >= 11 is 0. The molecule has 0 aliphatic carbocycles. The molecule has 0 bridgehead atoms. The zero-order valence-electron chi connectivity index (χ0n) is 9.04. The van der Waals surface area contributed by atoms with Crippen molar-refractivity contribution in [3.05, 3.63) is 29.6 Å². The smallest absolute Gasteiger partial charge is 0.309 e. The second-order valence-corrected chi connectivity index (χ2v) is 3.35. The Kier molecular flexibility index (Phi) is 3.98. The molecule has 0 aliphatic rings. The van der Waals surface area contributed by atoms with Crippen LogP contribution in [0.5, 0.6) is 5.75 Å². The minimum Gasteiger partial charge on any atom is -0.491 e. The maximum absolute atomic E-state index is 13.3. The molecule has 17 heavy (non-hydrogen) atoms. The molecular weight excluding hydrogens is 237 g/mol. The standard InChI is InChI=1S/C11H11F3O3/c1-2-17-9-4-3-7(5-8(9)12)11(13,14)6-10(15)16/h3-5H,2,6H2,1H3,(H,15,16). The third kappa shape index (κ3) is 3.37. The van der Waals surface area contributed by atoms with E-state index in [9.17, 15) is 18.0 Å². The van der Waals surface area contributed by atoms with Crippen molar-refractivity contribution < 1.29 is 27.8 Å². The first-order chi connectivity index (χ1) is 7.86. The molecule has 0 saturated heterocycles. The SMILES string of the molecule is CCOc1ccc(C(F)(F)CC(=O)O)cc1F. The lowest BCUT2D eigenvalue weighted by Crippen LogP contribution is -2.18. The topological polar surface area (TPSA) is 46.5 Å². The minimum atomic E-state index is -3.60. The number of aliphatic carboxylic acids is 1. The Morgan fingerprint density at radius 2 is 2.12 bits per heavy atom. The molecule has 0 heterocycles. The number of alkyl halides is 2. The number of carboxylic acids is 1. The Morgan fingerprint density at radius 1 is 1.47 bits per heavy atom. The highest BCUT2D eigenvalue weighted by atomic mass is 19.3. The van der Waals surface area contributed by atoms with Crippen molar-refractivity contribution in [1.29, 1.82) is 0 Å². The highest BCUT2D eigenvalue weighted by Gasteiger charge is 2.35. The average Bonchev–Trinajstić information content (AvgIpc) is 2.19. The van der Waals surface area contributed by atoms with E-state index in [4.69, 9.17) is 9.84 Å². The highest BCUT2D eigenvalue weighted by Crippen LogP contribution is 2.33. The lowest BCUT2D eigenvalue weighted by molar-refractivity contribution is -0.145. The maximum Gasteiger partial charge on any atom is 0.309 e. The number of carbonyl (C=O) groups is 1. The monoisotopic (exact) mass is 248 g/mol. The number of halogens is 3. The minimum absolute atomic E-state index is 0.137. The number of carboxylic acid groups (broad SMARTS) is 1. The summed E-state index contributed by atoms with van der Waals surface area (Å²) in [6.45, 7) is 1.84. The second kappa shape index (κ2) is 5.07. The molecule has 0 aliphatic heterocycles. The number of benzene rings is 1. The molecule has 0 radical (unpaired) electrons. The molecule has 0 atom stereocenters. The summed E-state index contributed by atoms with van der Waals surface area (Å²) in [5, 5.41) is 8.32. The van der Waals surface area contributed by atoms with Crippen molar-refractivity contribution in [3.8, 4) is 5.75 Å². The van der Waals surface area contributed by atoms with Gasteiger partial charge in [0.15, 0.2) is 11.6 Å². The summed E-state index contributed by atoms with van der Waals surface area (Å²) in [7, 11) is 0. The third-order valence-electron chi connectivity index (χ3n) is 2.03. The largest absolute Gasteiger partial charge is 0.491 e. The molecule has 3 nitrogen and oxygen atoms in total. The summed E-state index contributed by atoms with van der Waals surface area (Å²) in [5.74, 6) is -6.32. The molecule has 0 unspecified atom stereocenters. The van der Waals surface area contributed by atoms with E-state index in [0.717, 1.165) is 12.1 Å². The van der Waals surface area contributed by atoms with E-state index in [1.54, 1.807) is 6.92 Å². The molecular formula is C11H11F3O3. The van der Waals surface area contributed by atoms with Gasteiger partial charge in [0.2, 0.25) is 0 Å². The first kappa shape index (κ1) is 13.3. The Hall–Kier alpha value is -1.72. The van der Waals surface area contributed by atoms with Crippen molar-refractivity contribution in [2.24, 2.45) is 0 Å². The predicted octanol–water partition coefficient (Wildman–Crippen LogP) is 2.79. The highest BCUT2D eigenvalue weighted by molar-refractivity contribution is 5.68. The first-order valence-electron chi connectivity index (χ1n) is 4.89. The molecule has 0 spiro atoms. The molecule has 1 aromatic carbocycles. The van der Waals surface area contributed by atoms with Crippen LogP contribution in [0.2, 0.25) is 0 Å². The van der Waals surface area contributed by atoms with Crippen LogP contribution in [0.4, 0.5) is 13.2 Å². The van der Waals surface area contributed by atoms with Gasteiger partial charge in [0.05, 0.1) is 6.61 Å². The average molecular weight is 248 g/mol. The van der Waals surface area contributed by atoms with Gasteiger partial charge < -0.3 is 9.84 Å². The van der Waals surface area contributed by atoms with Crippen LogP contribution in [0, 0.1) is 5.82 Å². The van der Waals surface area contributed by atoms with Gasteiger partial charge in [-0.1, -0.05) is 0 Å². The van der Waals surface area contributed by atoms with Crippen molar-refractivity contribution in [2.45, 2.75) is 19.3 Å². The summed E-state index contributed by atoms with van der Waals surface area (Å²) in [4.78, 5) is 10.2. The summed E-state index contributed by atoms with van der Waals surface area (Å²) in [5.41, 5.74) is -0.680. The number of hydrogen-bond acceptors (Lipinski definition) is 2. The van der Waals surface area contributed by atoms with Gasteiger partial charge in [-0.15, -0.1) is 0 Å². The third-order valence-corrected chi connectivity index (χ3v) is 2.03. The van der Waals surface area contributed by atoms with Gasteiger partial charge in [-0.25, -0.2) is 13.2 Å². The Labute approximate surface area is 95.8 Å². The van der Waals surface area contributed by atoms with Gasteiger partial charge in [-0.2, -0.15) is 0 Å². The lowest BCUT2D eigenvalue weighted by Gasteiger charge is -2.15. The lowest BCUT2D eigenvalue weighted by atomic mass is 10.1. The van der Waals surface area contributed by atoms with E-state index in [1.165, 1.54) is 0 Å². The van der Waals surface area contributed by atoms with Gasteiger partial charge in [-0.3, -0.25) is 4.79 Å². The molecule has 6 heteroatoms. The fraction of sp³-hybridized carbons (Fsp3) is 0.364. The molecule has 0 saturated carbocycles. The molecule has 1 rings (SSSR count). The molecule has 1 N–H and O–H groups in total. The zero-order chi connectivity index (χ0) is 13.1. The van der Waals surface area contributed by atoms with Crippen molar-refractivity contribution in [2.75, 3.05) is 6.61 Å². The maximum atomic E-state index is 13.3. The van der Waals surface area contributed by atoms with Crippen LogP contribution in [0.1, 0.15) is 18.9 Å². The zero-order valence-corrected chi connectivity index (χ0v) is 9.04. The van der Waals surface area contributed by atoms with E-state index in [2.05, 4.69) is 0 Å². The van der Waals surface area contributed by atoms with Gasteiger partial charge in [0.25, 0.3) is 5.92 Å². The van der Waals surface area contributed by atoms with E-state index >= 15 is 0 Å². The fourth-order valence-electron chi connectivity index (χ4n) is 1.29. The van der Waals surface area contributed by atoms with E-state index in [0.29, 0.717) is 6.07 Å². The van der Waals surface area contributed by atoms with Crippen molar-refractivity contribution in [1.82, 2.24) is 0 Å². The van der Waals surface area contributed by atoms with Crippen LogP contribution >= 0.6 is 0 Å². The second-order valence-electron chi connectivity index (χ2n) is 3.35. The fourth-order valence-corrected chi connectivity index (χ4v) is 1.29. The Balaban J connectivity index is 3.00. The van der Waals surface area contributed by atoms with Gasteiger partial charge >= 0.3 is 5.97 Å². The quantitative estimate of drug-likeness (QED) is 0.871. The van der Waals surface area contributed by atoms with Gasteiger partial charge in [-0.05, 0) is 25.1 Å². The summed E-state index contributed by atoms with van der Waals surface area (Å²) < 4.78 is 44.8. The van der Waals surface area contributed by atoms with Crippen LogP contribution in [0.15, 0.2) is 18.2 Å². The number of ether oxygens (including phenoxy) is 1. The molecule has 1 aromatic rings. The van der Waals surface area contributed by atoms with Crippen LogP contribution in [0.25, 0.3) is 0 Å². The van der Waals surface area contributed by atoms with Crippen LogP contribution in [0.3, 0.4) is 0 Å². The van der Waals surface area contributed by atoms with Crippen LogP contribution in [-0.2, 0) is 10.7 Å². The van der Waals surface area contributed by atoms with E-state index in [1.807, 2.05) is 0 Å². The Morgan fingerprint density at radius 3 is 2.59 bits per heavy atom. The number of hydrogen-bond donors (Lipinski definition) is 1. The van der Waals surface area contributed by atoms with Crippen LogP contribution < -0.4 is 4.74 Å². The molecule has 0 fully saturated rings. The van der Waals surface area contributed by atoms with Crippen molar-refractivity contribution in [3.63, 3.8) is 0 Å². The predicted molar refractivity (Wildman–Crippen MR) is 53.7 cm³/mol. The van der Waals surface area contributed by atoms with E-state index in [-0.39, 0.29) is 12.4 Å². The first-order valence-corrected chi connectivity index (χ1v) is 4.89. The van der Waals surface area contributed by atoms with Gasteiger partial charge in [0, 0.05) is 5.56 Å². The molecule has 0 aromatic heterocycles. The van der Waals surface area contributed by atoms with Crippen LogP contribution in [-0.4, -0.2) is 17.7 Å². The van der Waals surface area contributed by atoms with Crippen molar-refractivity contribution >= 4 is 5.97 Å². The molecule has 94 valence electrons. The molecule has 0 amide bonds. The summed E-state index contributed by atoms with van der Waals surface area (Å²) in [6.07, 6.45) is -1.37. The van der Waals surface area contributed by atoms with Gasteiger partial charge in [0.1, 0.15) is 6.42 Å². The summed E-state index contributed by atoms with van der Waals surface area (Å²) in [6, 6.07) is 2.61.